The van der Waals surface area contributed by atoms with Gasteiger partial charge in [-0.2, -0.15) is 0 Å². The summed E-state index contributed by atoms with van der Waals surface area (Å²) in [4.78, 5) is 11.7. The molecule has 7 nitrogen and oxygen atoms in total. The molecule has 0 radical (unpaired) electrons. The van der Waals surface area contributed by atoms with E-state index in [-0.39, 0.29) is 18.2 Å². The first kappa shape index (κ1) is 22.4. The molecule has 8 heteroatoms. The number of rotatable bonds is 9. The molecule has 0 bridgehead atoms. The molecule has 4 N–H and O–H groups in total. The van der Waals surface area contributed by atoms with E-state index in [0.717, 1.165) is 11.1 Å². The van der Waals surface area contributed by atoms with E-state index in [0.29, 0.717) is 30.0 Å². The second-order valence-electron chi connectivity index (χ2n) is 5.84. The van der Waals surface area contributed by atoms with Gasteiger partial charge in [0.05, 0.1) is 25.2 Å². The van der Waals surface area contributed by atoms with Crippen molar-refractivity contribution in [3.63, 3.8) is 0 Å². The lowest BCUT2D eigenvalue weighted by Crippen LogP contribution is -2.34. The van der Waals surface area contributed by atoms with Gasteiger partial charge in [-0.1, -0.05) is 18.2 Å². The van der Waals surface area contributed by atoms with Gasteiger partial charge in [-0.05, 0) is 41.0 Å². The Morgan fingerprint density at radius 3 is 2.04 bits per heavy atom. The Balaban J connectivity index is 0.00000364. The standard InChI is InChI=1S/C19H23N3O4.ClH/c1-25-10-12-7-13(11-26-2)9-15(8-12)17(19(23)24)22-16-5-3-14(4-6-16)18(20)21;/h3-9,17,22H,10-11H2,1-2H3,(H3,20,21)(H,23,24);1H/p-1. The van der Waals surface area contributed by atoms with Gasteiger partial charge in [-0.25, -0.2) is 0 Å². The van der Waals surface area contributed by atoms with Crippen molar-refractivity contribution in [2.24, 2.45) is 5.73 Å². The van der Waals surface area contributed by atoms with Gasteiger partial charge in [0.1, 0.15) is 5.84 Å². The number of anilines is 1. The van der Waals surface area contributed by atoms with E-state index in [1.54, 1.807) is 50.6 Å². The van der Waals surface area contributed by atoms with E-state index in [1.165, 1.54) is 0 Å². The van der Waals surface area contributed by atoms with E-state index >= 15 is 0 Å². The van der Waals surface area contributed by atoms with Gasteiger partial charge in [-0.3, -0.25) is 5.41 Å². The normalized spacial score (nSPS) is 11.3. The third-order valence-corrected chi connectivity index (χ3v) is 3.77. The molecule has 1 unspecified atom stereocenters. The van der Waals surface area contributed by atoms with Crippen molar-refractivity contribution in [1.82, 2.24) is 0 Å². The highest BCUT2D eigenvalue weighted by molar-refractivity contribution is 5.95. The Labute approximate surface area is 164 Å². The highest BCUT2D eigenvalue weighted by atomic mass is 35.5. The molecule has 0 fully saturated rings. The van der Waals surface area contributed by atoms with E-state index in [1.807, 2.05) is 6.07 Å². The van der Waals surface area contributed by atoms with E-state index in [2.05, 4.69) is 5.32 Å². The van der Waals surface area contributed by atoms with Crippen LogP contribution in [0.3, 0.4) is 0 Å². The maximum Gasteiger partial charge on any atom is 0.122 e. The number of methoxy groups -OCH3 is 2. The van der Waals surface area contributed by atoms with Crippen molar-refractivity contribution in [3.05, 3.63) is 64.7 Å². The van der Waals surface area contributed by atoms with Crippen LogP contribution < -0.4 is 16.2 Å². The average molecular weight is 393 g/mol. The maximum absolute atomic E-state index is 11.7. The molecular formula is C19H23ClN3O4-. The smallest absolute Gasteiger partial charge is 0.122 e. The van der Waals surface area contributed by atoms with Crippen molar-refractivity contribution in [1.29, 1.82) is 5.41 Å². The fourth-order valence-electron chi connectivity index (χ4n) is 2.65. The number of halogens is 1. The van der Waals surface area contributed by atoms with Gasteiger partial charge in [0.25, 0.3) is 0 Å². The lowest BCUT2D eigenvalue weighted by molar-refractivity contribution is -0.307. The van der Waals surface area contributed by atoms with E-state index < -0.39 is 12.0 Å². The number of nitrogen functional groups attached to an aromatic ring is 1. The summed E-state index contributed by atoms with van der Waals surface area (Å²) in [7, 11) is 3.15. The Bertz CT molecular complexity index is 757. The molecule has 2 aromatic rings. The van der Waals surface area contributed by atoms with Gasteiger partial charge in [0, 0.05) is 25.5 Å². The summed E-state index contributed by atoms with van der Waals surface area (Å²) < 4.78 is 10.3. The van der Waals surface area contributed by atoms with Crippen molar-refractivity contribution >= 4 is 29.9 Å². The molecule has 0 saturated carbocycles. The molecule has 0 aliphatic rings. The van der Waals surface area contributed by atoms with Crippen LogP contribution in [0.5, 0.6) is 0 Å². The minimum Gasteiger partial charge on any atom is -0.548 e. The van der Waals surface area contributed by atoms with Crippen LogP contribution in [0.4, 0.5) is 5.69 Å². The number of amidine groups is 1. The number of carbonyl (C=O) groups is 1. The quantitative estimate of drug-likeness (QED) is 0.440. The van der Waals surface area contributed by atoms with Gasteiger partial charge in [-0.15, -0.1) is 12.4 Å². The Morgan fingerprint density at radius 1 is 1.11 bits per heavy atom. The highest BCUT2D eigenvalue weighted by Crippen LogP contribution is 2.23. The molecule has 146 valence electrons. The van der Waals surface area contributed by atoms with Crippen LogP contribution in [0, 0.1) is 5.41 Å². The van der Waals surface area contributed by atoms with Crippen LogP contribution >= 0.6 is 12.4 Å². The van der Waals surface area contributed by atoms with Gasteiger partial charge in [0.2, 0.25) is 0 Å². The number of nitrogens with one attached hydrogen (secondary N) is 2. The topological polar surface area (TPSA) is 120 Å². The van der Waals surface area contributed by atoms with Gasteiger partial charge < -0.3 is 30.4 Å². The first-order valence-electron chi connectivity index (χ1n) is 7.97. The monoisotopic (exact) mass is 392 g/mol. The predicted molar refractivity (Wildman–Crippen MR) is 104 cm³/mol. The minimum atomic E-state index is -1.25. The van der Waals surface area contributed by atoms with Crippen LogP contribution in [0.2, 0.25) is 0 Å². The number of aliphatic carboxylic acids is 1. The molecule has 2 rings (SSSR count). The second kappa shape index (κ2) is 10.5. The molecule has 0 aromatic heterocycles. The summed E-state index contributed by atoms with van der Waals surface area (Å²) >= 11 is 0. The van der Waals surface area contributed by atoms with Crippen LogP contribution in [0.15, 0.2) is 42.5 Å². The third kappa shape index (κ3) is 6.25. The Morgan fingerprint density at radius 2 is 1.63 bits per heavy atom. The number of carbonyl (C=O) groups excluding carboxylic acids is 1. The average Bonchev–Trinajstić information content (AvgIpc) is 2.60. The second-order valence-corrected chi connectivity index (χ2v) is 5.84. The number of carboxylic acid groups (broad SMARTS) is 1. The lowest BCUT2D eigenvalue weighted by Gasteiger charge is -2.23. The summed E-state index contributed by atoms with van der Waals surface area (Å²) in [5.74, 6) is -1.30. The molecule has 0 aliphatic carbocycles. The summed E-state index contributed by atoms with van der Waals surface area (Å²) in [5, 5.41) is 22.1. The summed E-state index contributed by atoms with van der Waals surface area (Å²) in [6.45, 7) is 0.718. The summed E-state index contributed by atoms with van der Waals surface area (Å²) in [6.07, 6.45) is 0. The SMILES string of the molecule is COCc1cc(COC)cc(C(Nc2ccc(C(=N)N)cc2)C(=O)[O-])c1.Cl. The molecule has 0 amide bonds. The number of benzene rings is 2. The van der Waals surface area contributed by atoms with E-state index in [9.17, 15) is 9.90 Å². The first-order valence-corrected chi connectivity index (χ1v) is 7.97. The van der Waals surface area contributed by atoms with Crippen molar-refractivity contribution < 1.29 is 19.4 Å². The molecule has 0 saturated heterocycles. The van der Waals surface area contributed by atoms with Crippen LogP contribution in [-0.2, 0) is 27.5 Å². The predicted octanol–water partition coefficient (Wildman–Crippen LogP) is 1.59. The Hall–Kier alpha value is -2.61. The highest BCUT2D eigenvalue weighted by Gasteiger charge is 2.15. The Kier molecular flexibility index (Phi) is 8.74. The molecule has 2 aromatic carbocycles. The molecule has 0 heterocycles. The molecule has 1 atom stereocenters. The number of hydrogen-bond donors (Lipinski definition) is 3. The van der Waals surface area contributed by atoms with Crippen LogP contribution in [0.25, 0.3) is 0 Å². The number of ether oxygens (including phenoxy) is 2. The number of carboxylic acids is 1. The summed E-state index contributed by atoms with van der Waals surface area (Å²) in [5.41, 5.74) is 8.80. The number of nitrogens with two attached hydrogens (primary N) is 1. The lowest BCUT2D eigenvalue weighted by atomic mass is 10.00. The zero-order chi connectivity index (χ0) is 19.1. The fourth-order valence-corrected chi connectivity index (χ4v) is 2.65. The van der Waals surface area contributed by atoms with Crippen molar-refractivity contribution in [2.45, 2.75) is 19.3 Å². The van der Waals surface area contributed by atoms with Crippen LogP contribution in [0.1, 0.15) is 28.3 Å². The maximum atomic E-state index is 11.7. The fraction of sp³-hybridized carbons (Fsp3) is 0.263. The summed E-state index contributed by atoms with van der Waals surface area (Å²) in [6, 6.07) is 11.0. The zero-order valence-electron chi connectivity index (χ0n) is 15.2. The molecule has 0 aliphatic heterocycles. The molecule has 27 heavy (non-hydrogen) atoms. The van der Waals surface area contributed by atoms with E-state index in [4.69, 9.17) is 20.6 Å². The molecule has 0 spiro atoms. The minimum absolute atomic E-state index is 0. The third-order valence-electron chi connectivity index (χ3n) is 3.77. The molecular weight excluding hydrogens is 370 g/mol. The first-order chi connectivity index (χ1) is 12.4. The van der Waals surface area contributed by atoms with Crippen LogP contribution in [-0.4, -0.2) is 26.0 Å². The van der Waals surface area contributed by atoms with Gasteiger partial charge in [0.15, 0.2) is 0 Å². The zero-order valence-corrected chi connectivity index (χ0v) is 16.0. The van der Waals surface area contributed by atoms with Gasteiger partial charge >= 0.3 is 0 Å². The van der Waals surface area contributed by atoms with Crippen molar-refractivity contribution in [3.8, 4) is 0 Å². The van der Waals surface area contributed by atoms with Crippen molar-refractivity contribution in [2.75, 3.05) is 19.5 Å². The number of hydrogen-bond acceptors (Lipinski definition) is 6. The largest absolute Gasteiger partial charge is 0.548 e.